The molecule has 0 bridgehead atoms. The first-order valence-electron chi connectivity index (χ1n) is 11.2. The van der Waals surface area contributed by atoms with E-state index in [4.69, 9.17) is 0 Å². The molecule has 0 radical (unpaired) electrons. The third-order valence-electron chi connectivity index (χ3n) is 5.56. The maximum Gasteiger partial charge on any atom is 0.251 e. The molecule has 0 spiro atoms. The molecule has 0 saturated carbocycles. The Balaban J connectivity index is 1.29. The molecular weight excluding hydrogens is 402 g/mol. The van der Waals surface area contributed by atoms with E-state index in [1.807, 2.05) is 41.3 Å². The average Bonchev–Trinajstić information content (AvgIpc) is 3.19. The van der Waals surface area contributed by atoms with Crippen molar-refractivity contribution >= 4 is 17.8 Å². The maximum atomic E-state index is 12.3. The zero-order valence-corrected chi connectivity index (χ0v) is 18.7. The van der Waals surface area contributed by atoms with Gasteiger partial charge in [0.1, 0.15) is 0 Å². The molecule has 32 heavy (non-hydrogen) atoms. The van der Waals surface area contributed by atoms with Crippen molar-refractivity contribution in [3.63, 3.8) is 0 Å². The lowest BCUT2D eigenvalue weighted by molar-refractivity contribution is -0.127. The second kappa shape index (κ2) is 12.5. The van der Waals surface area contributed by atoms with Gasteiger partial charge in [0.2, 0.25) is 5.91 Å². The lowest BCUT2D eigenvalue weighted by Crippen LogP contribution is -2.41. The van der Waals surface area contributed by atoms with Crippen molar-refractivity contribution in [1.29, 1.82) is 0 Å². The minimum atomic E-state index is -0.0594. The van der Waals surface area contributed by atoms with Gasteiger partial charge in [-0.25, -0.2) is 0 Å². The Morgan fingerprint density at radius 1 is 1.00 bits per heavy atom. The van der Waals surface area contributed by atoms with Gasteiger partial charge in [-0.15, -0.1) is 0 Å². The summed E-state index contributed by atoms with van der Waals surface area (Å²) in [5.74, 6) is 1.16. The number of amides is 2. The molecule has 1 atom stereocenters. The predicted molar refractivity (Wildman–Crippen MR) is 128 cm³/mol. The normalized spacial score (nSPS) is 16.2. The van der Waals surface area contributed by atoms with Gasteiger partial charge in [0.15, 0.2) is 5.96 Å². The Hall–Kier alpha value is -3.35. The Bertz CT molecular complexity index is 886. The minimum absolute atomic E-state index is 0.0594. The highest BCUT2D eigenvalue weighted by Gasteiger charge is 2.29. The summed E-state index contributed by atoms with van der Waals surface area (Å²) in [6.07, 6.45) is 2.25. The highest BCUT2D eigenvalue weighted by molar-refractivity contribution is 5.94. The molecule has 2 aromatic rings. The van der Waals surface area contributed by atoms with E-state index >= 15 is 0 Å². The van der Waals surface area contributed by atoms with Crippen LogP contribution in [0.15, 0.2) is 65.7 Å². The van der Waals surface area contributed by atoms with Gasteiger partial charge in [-0.3, -0.25) is 14.6 Å². The van der Waals surface area contributed by atoms with Crippen LogP contribution in [0.5, 0.6) is 0 Å². The molecule has 1 aliphatic rings. The molecule has 2 aromatic carbocycles. The molecule has 170 valence electrons. The van der Waals surface area contributed by atoms with E-state index in [1.54, 1.807) is 19.2 Å². The lowest BCUT2D eigenvalue weighted by Gasteiger charge is -2.18. The van der Waals surface area contributed by atoms with Crippen LogP contribution in [-0.2, 0) is 11.2 Å². The third kappa shape index (κ3) is 7.41. The number of carbonyl (C=O) groups is 2. The number of hydrogen-bond acceptors (Lipinski definition) is 3. The summed E-state index contributed by atoms with van der Waals surface area (Å²) >= 11 is 0. The summed E-state index contributed by atoms with van der Waals surface area (Å²) in [5, 5.41) is 9.51. The Morgan fingerprint density at radius 3 is 2.41 bits per heavy atom. The third-order valence-corrected chi connectivity index (χ3v) is 5.56. The second-order valence-corrected chi connectivity index (χ2v) is 8.00. The highest BCUT2D eigenvalue weighted by Crippen LogP contribution is 2.17. The first-order valence-corrected chi connectivity index (χ1v) is 11.2. The number of nitrogens with zero attached hydrogens (tertiary/aromatic N) is 2. The average molecular weight is 436 g/mol. The lowest BCUT2D eigenvalue weighted by atomic mass is 10.1. The summed E-state index contributed by atoms with van der Waals surface area (Å²) in [7, 11) is 1.73. The standard InChI is InChI=1S/C25H33N5O2/c1-26-25(28-15-8-14-27-24(32)22-11-6-3-7-12-22)29-18-21-17-23(31)30(19-21)16-13-20-9-4-2-5-10-20/h2-7,9-12,21H,8,13-19H2,1H3,(H,27,32)(H2,26,28,29). The van der Waals surface area contributed by atoms with Crippen molar-refractivity contribution in [2.75, 3.05) is 39.8 Å². The smallest absolute Gasteiger partial charge is 0.251 e. The van der Waals surface area contributed by atoms with Crippen LogP contribution >= 0.6 is 0 Å². The number of hydrogen-bond donors (Lipinski definition) is 3. The van der Waals surface area contributed by atoms with Gasteiger partial charge in [0.05, 0.1) is 0 Å². The van der Waals surface area contributed by atoms with Crippen molar-refractivity contribution in [3.8, 4) is 0 Å². The summed E-state index contributed by atoms with van der Waals surface area (Å²) in [5.41, 5.74) is 1.92. The van der Waals surface area contributed by atoms with Crippen LogP contribution in [0.2, 0.25) is 0 Å². The fourth-order valence-electron chi connectivity index (χ4n) is 3.77. The Kier molecular flexibility index (Phi) is 9.10. The number of guanidine groups is 1. The molecule has 3 rings (SSSR count). The first-order chi connectivity index (χ1) is 15.7. The van der Waals surface area contributed by atoms with Crippen molar-refractivity contribution in [3.05, 3.63) is 71.8 Å². The van der Waals surface area contributed by atoms with Gasteiger partial charge < -0.3 is 20.9 Å². The second-order valence-electron chi connectivity index (χ2n) is 8.00. The molecule has 1 fully saturated rings. The molecule has 1 heterocycles. The van der Waals surface area contributed by atoms with Crippen LogP contribution in [0, 0.1) is 5.92 Å². The summed E-state index contributed by atoms with van der Waals surface area (Å²) in [4.78, 5) is 30.6. The number of likely N-dealkylation sites (tertiary alicyclic amines) is 1. The molecule has 1 aliphatic heterocycles. The predicted octanol–water partition coefficient (Wildman–Crippen LogP) is 2.06. The van der Waals surface area contributed by atoms with Crippen molar-refractivity contribution in [1.82, 2.24) is 20.9 Å². The van der Waals surface area contributed by atoms with E-state index in [0.29, 0.717) is 31.6 Å². The quantitative estimate of drug-likeness (QED) is 0.303. The molecule has 1 unspecified atom stereocenters. The number of carbonyl (C=O) groups excluding carboxylic acids is 2. The zero-order chi connectivity index (χ0) is 22.6. The molecule has 2 amide bonds. The van der Waals surface area contributed by atoms with Gasteiger partial charge in [-0.2, -0.15) is 0 Å². The number of nitrogens with one attached hydrogen (secondary N) is 3. The van der Waals surface area contributed by atoms with Crippen molar-refractivity contribution < 1.29 is 9.59 Å². The zero-order valence-electron chi connectivity index (χ0n) is 18.7. The molecule has 0 aliphatic carbocycles. The van der Waals surface area contributed by atoms with E-state index in [0.717, 1.165) is 31.9 Å². The van der Waals surface area contributed by atoms with Crippen LogP contribution in [0.25, 0.3) is 0 Å². The molecule has 7 heteroatoms. The molecule has 1 saturated heterocycles. The van der Waals surface area contributed by atoms with Gasteiger partial charge in [0.25, 0.3) is 5.91 Å². The van der Waals surface area contributed by atoms with E-state index in [-0.39, 0.29) is 17.7 Å². The van der Waals surface area contributed by atoms with Crippen LogP contribution in [-0.4, -0.2) is 62.4 Å². The largest absolute Gasteiger partial charge is 0.356 e. The van der Waals surface area contributed by atoms with Crippen molar-refractivity contribution in [2.24, 2.45) is 10.9 Å². The van der Waals surface area contributed by atoms with Gasteiger partial charge in [-0.05, 0) is 30.5 Å². The van der Waals surface area contributed by atoms with Crippen LogP contribution < -0.4 is 16.0 Å². The Labute approximate surface area is 190 Å². The summed E-state index contributed by atoms with van der Waals surface area (Å²) in [6, 6.07) is 19.5. The van der Waals surface area contributed by atoms with Gasteiger partial charge >= 0.3 is 0 Å². The molecule has 7 nitrogen and oxygen atoms in total. The number of benzene rings is 2. The van der Waals surface area contributed by atoms with E-state index in [2.05, 4.69) is 33.1 Å². The SMILES string of the molecule is CN=C(NCCCNC(=O)c1ccccc1)NCC1CC(=O)N(CCc2ccccc2)C1. The number of rotatable bonds is 10. The minimum Gasteiger partial charge on any atom is -0.356 e. The molecule has 0 aromatic heterocycles. The summed E-state index contributed by atoms with van der Waals surface area (Å²) in [6.45, 7) is 3.53. The van der Waals surface area contributed by atoms with Crippen LogP contribution in [0.3, 0.4) is 0 Å². The van der Waals surface area contributed by atoms with Crippen LogP contribution in [0.1, 0.15) is 28.8 Å². The fourth-order valence-corrected chi connectivity index (χ4v) is 3.77. The van der Waals surface area contributed by atoms with E-state index < -0.39 is 0 Å². The van der Waals surface area contributed by atoms with E-state index in [9.17, 15) is 9.59 Å². The Morgan fingerprint density at radius 2 is 1.69 bits per heavy atom. The number of aliphatic imine (C=N–C) groups is 1. The van der Waals surface area contributed by atoms with E-state index in [1.165, 1.54) is 5.56 Å². The molecule has 3 N–H and O–H groups in total. The summed E-state index contributed by atoms with van der Waals surface area (Å²) < 4.78 is 0. The maximum absolute atomic E-state index is 12.3. The fraction of sp³-hybridized carbons (Fsp3) is 0.400. The van der Waals surface area contributed by atoms with Crippen LogP contribution in [0.4, 0.5) is 0 Å². The van der Waals surface area contributed by atoms with Gasteiger partial charge in [0, 0.05) is 57.7 Å². The van der Waals surface area contributed by atoms with Gasteiger partial charge in [-0.1, -0.05) is 48.5 Å². The first kappa shape index (κ1) is 23.3. The molecular formula is C25H33N5O2. The highest BCUT2D eigenvalue weighted by atomic mass is 16.2. The topological polar surface area (TPSA) is 85.8 Å². The monoisotopic (exact) mass is 435 g/mol. The van der Waals surface area contributed by atoms with Crippen molar-refractivity contribution in [2.45, 2.75) is 19.3 Å².